The van der Waals surface area contributed by atoms with Crippen molar-refractivity contribution in [2.75, 3.05) is 31.1 Å². The number of anilines is 1. The van der Waals surface area contributed by atoms with Crippen LogP contribution < -0.4 is 4.90 Å². The lowest BCUT2D eigenvalue weighted by atomic mass is 9.99. The summed E-state index contributed by atoms with van der Waals surface area (Å²) in [5.74, 6) is 0.161. The van der Waals surface area contributed by atoms with Crippen molar-refractivity contribution in [2.45, 2.75) is 19.8 Å². The number of piperidine rings is 1. The van der Waals surface area contributed by atoms with Gasteiger partial charge in [-0.25, -0.2) is 4.79 Å². The summed E-state index contributed by atoms with van der Waals surface area (Å²) < 4.78 is 0. The van der Waals surface area contributed by atoms with Crippen LogP contribution >= 0.6 is 0 Å². The van der Waals surface area contributed by atoms with Crippen LogP contribution in [0.25, 0.3) is 0 Å². The first-order chi connectivity index (χ1) is 11.1. The molecule has 0 atom stereocenters. The lowest BCUT2D eigenvalue weighted by molar-refractivity contribution is -0.137. The van der Waals surface area contributed by atoms with Gasteiger partial charge in [-0.05, 0) is 30.9 Å². The molecule has 3 rings (SSSR count). The molecule has 0 spiro atoms. The topological polar surface area (TPSA) is 60.9 Å². The Morgan fingerprint density at radius 1 is 1.13 bits per heavy atom. The Balaban J connectivity index is 1.65. The van der Waals surface area contributed by atoms with Crippen molar-refractivity contribution < 1.29 is 14.4 Å². The van der Waals surface area contributed by atoms with Crippen LogP contribution in [0.15, 0.2) is 30.3 Å². The molecule has 23 heavy (non-hydrogen) atoms. The molecule has 6 nitrogen and oxygen atoms in total. The van der Waals surface area contributed by atoms with E-state index < -0.39 is 6.03 Å². The second-order valence-electron chi connectivity index (χ2n) is 6.25. The number of hydrogen-bond acceptors (Lipinski definition) is 3. The van der Waals surface area contributed by atoms with E-state index in [1.807, 2.05) is 18.2 Å². The summed E-state index contributed by atoms with van der Waals surface area (Å²) in [5.41, 5.74) is 0.674. The molecule has 2 aliphatic heterocycles. The fourth-order valence-corrected chi connectivity index (χ4v) is 3.00. The van der Waals surface area contributed by atoms with E-state index in [4.69, 9.17) is 0 Å². The third-order valence-corrected chi connectivity index (χ3v) is 4.55. The second kappa shape index (κ2) is 6.40. The summed E-state index contributed by atoms with van der Waals surface area (Å²) in [5, 5.41) is 0. The van der Waals surface area contributed by atoms with Crippen molar-refractivity contribution in [3.8, 4) is 0 Å². The van der Waals surface area contributed by atoms with Gasteiger partial charge in [0.25, 0.3) is 5.91 Å². The fraction of sp³-hybridized carbons (Fsp3) is 0.471. The van der Waals surface area contributed by atoms with E-state index in [1.165, 1.54) is 4.90 Å². The Morgan fingerprint density at radius 3 is 2.43 bits per heavy atom. The van der Waals surface area contributed by atoms with Gasteiger partial charge in [-0.15, -0.1) is 0 Å². The number of likely N-dealkylation sites (tertiary alicyclic amines) is 1. The predicted molar refractivity (Wildman–Crippen MR) is 85.9 cm³/mol. The molecule has 0 saturated carbocycles. The minimum Gasteiger partial charge on any atom is -0.341 e. The second-order valence-corrected chi connectivity index (χ2v) is 6.25. The van der Waals surface area contributed by atoms with Crippen molar-refractivity contribution >= 4 is 23.5 Å². The Hall–Kier alpha value is -2.37. The highest BCUT2D eigenvalue weighted by molar-refractivity contribution is 6.13. The van der Waals surface area contributed by atoms with E-state index in [1.54, 1.807) is 17.0 Å². The molecule has 2 fully saturated rings. The van der Waals surface area contributed by atoms with Gasteiger partial charge in [0.05, 0.1) is 0 Å². The lowest BCUT2D eigenvalue weighted by Gasteiger charge is -2.31. The Bertz CT molecular complexity index is 609. The van der Waals surface area contributed by atoms with Gasteiger partial charge in [0.15, 0.2) is 0 Å². The summed E-state index contributed by atoms with van der Waals surface area (Å²) in [7, 11) is 0. The molecule has 0 aromatic heterocycles. The van der Waals surface area contributed by atoms with Crippen molar-refractivity contribution in [1.82, 2.24) is 9.80 Å². The normalized spacial score (nSPS) is 19.6. The number of amides is 4. The van der Waals surface area contributed by atoms with E-state index in [-0.39, 0.29) is 24.9 Å². The van der Waals surface area contributed by atoms with Crippen LogP contribution in [0.3, 0.4) is 0 Å². The minimum atomic E-state index is -0.417. The molecular formula is C17H21N3O3. The first-order valence-corrected chi connectivity index (χ1v) is 8.01. The SMILES string of the molecule is CC1CCN(C(=O)CN2C(=O)CN(c3ccccc3)C2=O)CC1. The first-order valence-electron chi connectivity index (χ1n) is 8.01. The number of rotatable bonds is 3. The van der Waals surface area contributed by atoms with Gasteiger partial charge >= 0.3 is 6.03 Å². The maximum atomic E-state index is 12.4. The highest BCUT2D eigenvalue weighted by Gasteiger charge is 2.38. The molecule has 0 N–H and O–H groups in total. The molecule has 6 heteroatoms. The fourth-order valence-electron chi connectivity index (χ4n) is 3.00. The van der Waals surface area contributed by atoms with Crippen molar-refractivity contribution in [3.63, 3.8) is 0 Å². The predicted octanol–water partition coefficient (Wildman–Crippen LogP) is 1.71. The van der Waals surface area contributed by atoms with Gasteiger partial charge in [-0.2, -0.15) is 0 Å². The van der Waals surface area contributed by atoms with Crippen molar-refractivity contribution in [1.29, 1.82) is 0 Å². The molecule has 0 aliphatic carbocycles. The molecule has 0 unspecified atom stereocenters. The number of benzene rings is 1. The molecule has 1 aromatic carbocycles. The zero-order chi connectivity index (χ0) is 16.4. The van der Waals surface area contributed by atoms with E-state index in [0.29, 0.717) is 24.7 Å². The third kappa shape index (κ3) is 3.21. The molecular weight excluding hydrogens is 294 g/mol. The average Bonchev–Trinajstić information content (AvgIpc) is 2.84. The molecule has 1 aromatic rings. The number of nitrogens with zero attached hydrogens (tertiary/aromatic N) is 3. The smallest absolute Gasteiger partial charge is 0.332 e. The third-order valence-electron chi connectivity index (χ3n) is 4.55. The van der Waals surface area contributed by atoms with E-state index >= 15 is 0 Å². The molecule has 2 aliphatic rings. The van der Waals surface area contributed by atoms with E-state index in [9.17, 15) is 14.4 Å². The van der Waals surface area contributed by atoms with Gasteiger partial charge in [0.1, 0.15) is 13.1 Å². The standard InChI is InChI=1S/C17H21N3O3/c1-13-7-9-18(10-8-13)15(21)11-20-16(22)12-19(17(20)23)14-5-3-2-4-6-14/h2-6,13H,7-12H2,1H3. The van der Waals surface area contributed by atoms with Gasteiger partial charge < -0.3 is 4.90 Å². The van der Waals surface area contributed by atoms with Crippen LogP contribution in [0, 0.1) is 5.92 Å². The summed E-state index contributed by atoms with van der Waals surface area (Å²) >= 11 is 0. The molecule has 2 heterocycles. The van der Waals surface area contributed by atoms with Crippen LogP contribution in [-0.4, -0.2) is 53.8 Å². The van der Waals surface area contributed by atoms with Crippen molar-refractivity contribution in [2.24, 2.45) is 5.92 Å². The number of carbonyl (C=O) groups excluding carboxylic acids is 3. The van der Waals surface area contributed by atoms with Gasteiger partial charge in [0, 0.05) is 18.8 Å². The summed E-state index contributed by atoms with van der Waals surface area (Å²) in [6, 6.07) is 8.63. The first kappa shape index (κ1) is 15.5. The van der Waals surface area contributed by atoms with Gasteiger partial charge in [-0.3, -0.25) is 19.4 Å². The molecule has 2 saturated heterocycles. The number of para-hydroxylation sites is 1. The largest absolute Gasteiger partial charge is 0.341 e. The van der Waals surface area contributed by atoms with Crippen LogP contribution in [0.1, 0.15) is 19.8 Å². The van der Waals surface area contributed by atoms with E-state index in [0.717, 1.165) is 17.7 Å². The van der Waals surface area contributed by atoms with Crippen LogP contribution in [0.5, 0.6) is 0 Å². The summed E-state index contributed by atoms with van der Waals surface area (Å²) in [6.07, 6.45) is 1.95. The van der Waals surface area contributed by atoms with Crippen LogP contribution in [-0.2, 0) is 9.59 Å². The Morgan fingerprint density at radius 2 is 1.78 bits per heavy atom. The minimum absolute atomic E-state index is 0.00678. The molecule has 0 bridgehead atoms. The highest BCUT2D eigenvalue weighted by atomic mass is 16.2. The van der Waals surface area contributed by atoms with Gasteiger partial charge in [0.2, 0.25) is 5.91 Å². The molecule has 122 valence electrons. The lowest BCUT2D eigenvalue weighted by Crippen LogP contribution is -2.46. The zero-order valence-corrected chi connectivity index (χ0v) is 13.3. The zero-order valence-electron chi connectivity index (χ0n) is 13.3. The maximum absolute atomic E-state index is 12.4. The average molecular weight is 315 g/mol. The molecule has 0 radical (unpaired) electrons. The van der Waals surface area contributed by atoms with Gasteiger partial charge in [-0.1, -0.05) is 25.1 Å². The van der Waals surface area contributed by atoms with Crippen molar-refractivity contribution in [3.05, 3.63) is 30.3 Å². The molecule has 4 amide bonds. The number of urea groups is 1. The summed E-state index contributed by atoms with van der Waals surface area (Å²) in [6.45, 7) is 3.42. The number of hydrogen-bond donors (Lipinski definition) is 0. The highest BCUT2D eigenvalue weighted by Crippen LogP contribution is 2.21. The Labute approximate surface area is 135 Å². The summed E-state index contributed by atoms with van der Waals surface area (Å²) in [4.78, 5) is 41.2. The van der Waals surface area contributed by atoms with Crippen LogP contribution in [0.4, 0.5) is 10.5 Å². The Kier molecular flexibility index (Phi) is 4.32. The number of imide groups is 1. The monoisotopic (exact) mass is 315 g/mol. The quantitative estimate of drug-likeness (QED) is 0.798. The van der Waals surface area contributed by atoms with E-state index in [2.05, 4.69) is 6.92 Å². The number of carbonyl (C=O) groups is 3. The van der Waals surface area contributed by atoms with Crippen LogP contribution in [0.2, 0.25) is 0 Å². The maximum Gasteiger partial charge on any atom is 0.332 e.